The van der Waals surface area contributed by atoms with Crippen molar-refractivity contribution in [2.75, 3.05) is 0 Å². The van der Waals surface area contributed by atoms with E-state index in [0.717, 1.165) is 23.4 Å². The van der Waals surface area contributed by atoms with Gasteiger partial charge in [0.25, 0.3) is 0 Å². The van der Waals surface area contributed by atoms with E-state index in [1.807, 2.05) is 38.1 Å². The van der Waals surface area contributed by atoms with Crippen LogP contribution in [0.3, 0.4) is 0 Å². The lowest BCUT2D eigenvalue weighted by atomic mass is 10.0. The topological polar surface area (TPSA) is 29.1 Å². The molecule has 0 spiro atoms. The molecule has 0 bridgehead atoms. The van der Waals surface area contributed by atoms with Gasteiger partial charge in [0.15, 0.2) is 0 Å². The van der Waals surface area contributed by atoms with Gasteiger partial charge in [0.1, 0.15) is 0 Å². The van der Waals surface area contributed by atoms with Crippen molar-refractivity contribution in [3.05, 3.63) is 34.9 Å². The zero-order valence-electron chi connectivity index (χ0n) is 9.59. The summed E-state index contributed by atoms with van der Waals surface area (Å²) in [5, 5.41) is 3.85. The molecular weight excluding hydrogens is 222 g/mol. The van der Waals surface area contributed by atoms with Crippen LogP contribution in [0.2, 0.25) is 5.02 Å². The van der Waals surface area contributed by atoms with Crippen LogP contribution in [-0.4, -0.2) is 5.91 Å². The number of carbonyl (C=O) groups is 1. The van der Waals surface area contributed by atoms with Gasteiger partial charge >= 0.3 is 0 Å². The molecular formula is C13H16ClNO. The second kappa shape index (κ2) is 4.10. The Labute approximate surface area is 101 Å². The lowest BCUT2D eigenvalue weighted by Crippen LogP contribution is -2.37. The summed E-state index contributed by atoms with van der Waals surface area (Å²) >= 11 is 5.85. The number of benzene rings is 1. The van der Waals surface area contributed by atoms with E-state index in [2.05, 4.69) is 5.32 Å². The van der Waals surface area contributed by atoms with Crippen LogP contribution in [0.4, 0.5) is 0 Å². The van der Waals surface area contributed by atoms with E-state index in [-0.39, 0.29) is 17.4 Å². The zero-order valence-corrected chi connectivity index (χ0v) is 10.3. The van der Waals surface area contributed by atoms with Gasteiger partial charge in [0, 0.05) is 10.9 Å². The summed E-state index contributed by atoms with van der Waals surface area (Å²) in [5.74, 6) is 0.150. The van der Waals surface area contributed by atoms with Crippen molar-refractivity contribution in [2.24, 2.45) is 5.92 Å². The summed E-state index contributed by atoms with van der Waals surface area (Å²) < 4.78 is 0. The molecule has 0 aliphatic heterocycles. The van der Waals surface area contributed by atoms with E-state index in [1.54, 1.807) is 0 Å². The van der Waals surface area contributed by atoms with Crippen LogP contribution in [0.1, 0.15) is 32.3 Å². The molecule has 2 nitrogen and oxygen atoms in total. The molecule has 2 rings (SSSR count). The van der Waals surface area contributed by atoms with Crippen molar-refractivity contribution in [1.82, 2.24) is 5.32 Å². The highest BCUT2D eigenvalue weighted by Gasteiger charge is 2.45. The van der Waals surface area contributed by atoms with Crippen molar-refractivity contribution in [2.45, 2.75) is 32.2 Å². The molecule has 1 saturated carbocycles. The summed E-state index contributed by atoms with van der Waals surface area (Å²) in [6.45, 7) is 3.82. The summed E-state index contributed by atoms with van der Waals surface area (Å²) in [7, 11) is 0. The SMILES string of the molecule is CC(C)C(=O)NC1(c2ccc(Cl)cc2)CC1. The summed E-state index contributed by atoms with van der Waals surface area (Å²) in [5.41, 5.74) is 1.04. The Morgan fingerprint density at radius 2 is 1.88 bits per heavy atom. The molecule has 3 heteroatoms. The van der Waals surface area contributed by atoms with Crippen LogP contribution in [0.25, 0.3) is 0 Å². The molecule has 86 valence electrons. The van der Waals surface area contributed by atoms with Gasteiger partial charge in [-0.2, -0.15) is 0 Å². The highest BCUT2D eigenvalue weighted by molar-refractivity contribution is 6.30. The molecule has 1 aliphatic carbocycles. The van der Waals surface area contributed by atoms with Crippen LogP contribution in [0, 0.1) is 5.92 Å². The fourth-order valence-electron chi connectivity index (χ4n) is 1.76. The number of nitrogens with one attached hydrogen (secondary N) is 1. The third-order valence-corrected chi connectivity index (χ3v) is 3.29. The quantitative estimate of drug-likeness (QED) is 0.860. The van der Waals surface area contributed by atoms with Crippen molar-refractivity contribution in [3.8, 4) is 0 Å². The Balaban J connectivity index is 2.14. The number of rotatable bonds is 3. The Morgan fingerprint density at radius 1 is 1.31 bits per heavy atom. The smallest absolute Gasteiger partial charge is 0.223 e. The van der Waals surface area contributed by atoms with Gasteiger partial charge in [-0.3, -0.25) is 4.79 Å². The first kappa shape index (κ1) is 11.5. The van der Waals surface area contributed by atoms with Crippen molar-refractivity contribution < 1.29 is 4.79 Å². The molecule has 0 radical (unpaired) electrons. The van der Waals surface area contributed by atoms with Crippen LogP contribution in [-0.2, 0) is 10.3 Å². The molecule has 0 heterocycles. The van der Waals surface area contributed by atoms with E-state index in [9.17, 15) is 4.79 Å². The molecule has 1 aromatic rings. The monoisotopic (exact) mass is 237 g/mol. The van der Waals surface area contributed by atoms with Gasteiger partial charge in [-0.05, 0) is 30.5 Å². The first-order valence-electron chi connectivity index (χ1n) is 5.61. The van der Waals surface area contributed by atoms with E-state index in [0.29, 0.717) is 0 Å². The summed E-state index contributed by atoms with van der Waals surface area (Å²) in [6.07, 6.45) is 2.04. The van der Waals surface area contributed by atoms with E-state index >= 15 is 0 Å². The summed E-state index contributed by atoms with van der Waals surface area (Å²) in [4.78, 5) is 11.7. The standard InChI is InChI=1S/C13H16ClNO/c1-9(2)12(16)15-13(7-8-13)10-3-5-11(14)6-4-10/h3-6,9H,7-8H2,1-2H3,(H,15,16). The fourth-order valence-corrected chi connectivity index (χ4v) is 1.89. The van der Waals surface area contributed by atoms with E-state index < -0.39 is 0 Å². The molecule has 1 amide bonds. The number of hydrogen-bond acceptors (Lipinski definition) is 1. The maximum absolute atomic E-state index is 11.7. The van der Waals surface area contributed by atoms with Crippen molar-refractivity contribution in [1.29, 1.82) is 0 Å². The highest BCUT2D eigenvalue weighted by atomic mass is 35.5. The normalized spacial score (nSPS) is 17.2. The third-order valence-electron chi connectivity index (χ3n) is 3.03. The first-order valence-corrected chi connectivity index (χ1v) is 5.99. The zero-order chi connectivity index (χ0) is 11.8. The molecule has 0 atom stereocenters. The number of amides is 1. The van der Waals surface area contributed by atoms with Crippen LogP contribution in [0.5, 0.6) is 0 Å². The summed E-state index contributed by atoms with van der Waals surface area (Å²) in [6, 6.07) is 7.74. The Morgan fingerprint density at radius 3 is 2.31 bits per heavy atom. The minimum atomic E-state index is -0.119. The number of hydrogen-bond donors (Lipinski definition) is 1. The molecule has 1 aromatic carbocycles. The largest absolute Gasteiger partial charge is 0.346 e. The van der Waals surface area contributed by atoms with E-state index in [4.69, 9.17) is 11.6 Å². The third kappa shape index (κ3) is 2.22. The average Bonchev–Trinajstić information content (AvgIpc) is 2.99. The second-order valence-corrected chi connectivity index (χ2v) is 5.17. The first-order chi connectivity index (χ1) is 7.53. The Kier molecular flexibility index (Phi) is 2.94. The van der Waals surface area contributed by atoms with Crippen molar-refractivity contribution >= 4 is 17.5 Å². The van der Waals surface area contributed by atoms with E-state index in [1.165, 1.54) is 0 Å². The Bertz CT molecular complexity index is 393. The van der Waals surface area contributed by atoms with Gasteiger partial charge in [-0.15, -0.1) is 0 Å². The molecule has 16 heavy (non-hydrogen) atoms. The molecule has 1 fully saturated rings. The molecule has 0 aromatic heterocycles. The van der Waals surface area contributed by atoms with Crippen LogP contribution in [0.15, 0.2) is 24.3 Å². The second-order valence-electron chi connectivity index (χ2n) is 4.73. The fraction of sp³-hybridized carbons (Fsp3) is 0.462. The van der Waals surface area contributed by atoms with Crippen LogP contribution >= 0.6 is 11.6 Å². The van der Waals surface area contributed by atoms with Gasteiger partial charge in [-0.25, -0.2) is 0 Å². The van der Waals surface area contributed by atoms with Gasteiger partial charge in [-0.1, -0.05) is 37.6 Å². The maximum Gasteiger partial charge on any atom is 0.223 e. The average molecular weight is 238 g/mol. The maximum atomic E-state index is 11.7. The number of carbonyl (C=O) groups excluding carboxylic acids is 1. The molecule has 1 aliphatic rings. The van der Waals surface area contributed by atoms with Crippen molar-refractivity contribution in [3.63, 3.8) is 0 Å². The minimum absolute atomic E-state index is 0.0322. The predicted molar refractivity (Wildman–Crippen MR) is 65.3 cm³/mol. The van der Waals surface area contributed by atoms with Gasteiger partial charge < -0.3 is 5.32 Å². The lowest BCUT2D eigenvalue weighted by molar-refractivity contribution is -0.125. The lowest BCUT2D eigenvalue weighted by Gasteiger charge is -2.19. The number of halogens is 1. The van der Waals surface area contributed by atoms with Gasteiger partial charge in [0.05, 0.1) is 5.54 Å². The van der Waals surface area contributed by atoms with Gasteiger partial charge in [0.2, 0.25) is 5.91 Å². The molecule has 0 saturated heterocycles. The predicted octanol–water partition coefficient (Wildman–Crippen LogP) is 3.10. The molecule has 0 unspecified atom stereocenters. The Hall–Kier alpha value is -1.02. The molecule has 1 N–H and O–H groups in total. The minimum Gasteiger partial charge on any atom is -0.346 e. The van der Waals surface area contributed by atoms with Crippen LogP contribution < -0.4 is 5.32 Å². The highest BCUT2D eigenvalue weighted by Crippen LogP contribution is 2.45.